The largest absolute Gasteiger partial charge is 0.481 e. The van der Waals surface area contributed by atoms with E-state index in [1.54, 1.807) is 20.3 Å². The lowest BCUT2D eigenvalue weighted by Crippen LogP contribution is -2.13. The molecule has 1 rings (SSSR count). The Kier molecular flexibility index (Phi) is 5.00. The summed E-state index contributed by atoms with van der Waals surface area (Å²) in [6, 6.07) is 1.68. The van der Waals surface area contributed by atoms with Crippen LogP contribution in [0, 0.1) is 0 Å². The van der Waals surface area contributed by atoms with Crippen LogP contribution < -0.4 is 10.5 Å². The highest BCUT2D eigenvalue weighted by Gasteiger charge is 2.08. The van der Waals surface area contributed by atoms with Gasteiger partial charge in [0.25, 0.3) is 0 Å². The van der Waals surface area contributed by atoms with Gasteiger partial charge in [0.1, 0.15) is 6.33 Å². The Morgan fingerprint density at radius 3 is 2.87 bits per heavy atom. The van der Waals surface area contributed by atoms with Gasteiger partial charge in [-0.1, -0.05) is 0 Å². The van der Waals surface area contributed by atoms with E-state index in [1.165, 1.54) is 6.33 Å². The molecule has 1 heterocycles. The van der Waals surface area contributed by atoms with E-state index >= 15 is 0 Å². The molecule has 0 fully saturated rings. The molecule has 0 saturated carbocycles. The van der Waals surface area contributed by atoms with Crippen molar-refractivity contribution in [2.75, 3.05) is 20.8 Å². The van der Waals surface area contributed by atoms with E-state index in [0.29, 0.717) is 5.88 Å². The fourth-order valence-corrected chi connectivity index (χ4v) is 1.26. The third kappa shape index (κ3) is 3.81. The predicted molar refractivity (Wildman–Crippen MR) is 56.6 cm³/mol. The van der Waals surface area contributed by atoms with Gasteiger partial charge in [-0.15, -0.1) is 0 Å². The summed E-state index contributed by atoms with van der Waals surface area (Å²) >= 11 is 0. The van der Waals surface area contributed by atoms with Gasteiger partial charge in [0, 0.05) is 25.8 Å². The van der Waals surface area contributed by atoms with E-state index in [9.17, 15) is 0 Å². The van der Waals surface area contributed by atoms with Crippen molar-refractivity contribution in [2.45, 2.75) is 18.9 Å². The van der Waals surface area contributed by atoms with Crippen molar-refractivity contribution in [2.24, 2.45) is 5.73 Å². The van der Waals surface area contributed by atoms with Crippen LogP contribution in [-0.2, 0) is 4.74 Å². The van der Waals surface area contributed by atoms with E-state index < -0.39 is 0 Å². The van der Waals surface area contributed by atoms with Crippen LogP contribution in [0.25, 0.3) is 0 Å². The summed E-state index contributed by atoms with van der Waals surface area (Å²) in [6.07, 6.45) is 3.22. The van der Waals surface area contributed by atoms with Crippen LogP contribution in [0.1, 0.15) is 24.6 Å². The maximum absolute atomic E-state index is 5.96. The third-order valence-electron chi connectivity index (χ3n) is 2.12. The molecular weight excluding hydrogens is 194 g/mol. The minimum absolute atomic E-state index is 0.0861. The highest BCUT2D eigenvalue weighted by Crippen LogP contribution is 2.16. The molecule has 15 heavy (non-hydrogen) atoms. The SMILES string of the molecule is COCCCC(N)c1cc(OC)ncn1. The molecule has 1 unspecified atom stereocenters. The Labute approximate surface area is 89.6 Å². The summed E-state index contributed by atoms with van der Waals surface area (Å²) in [5, 5.41) is 0. The minimum atomic E-state index is -0.0861. The molecule has 1 aromatic rings. The summed E-state index contributed by atoms with van der Waals surface area (Å²) in [4.78, 5) is 8.03. The number of nitrogens with two attached hydrogens (primary N) is 1. The molecule has 0 radical (unpaired) electrons. The summed E-state index contributed by atoms with van der Waals surface area (Å²) in [5.74, 6) is 0.544. The molecule has 84 valence electrons. The predicted octanol–water partition coefficient (Wildman–Crippen LogP) is 0.912. The molecule has 1 atom stereocenters. The number of rotatable bonds is 6. The molecule has 0 aromatic carbocycles. The molecule has 0 aliphatic rings. The van der Waals surface area contributed by atoms with E-state index in [4.69, 9.17) is 15.2 Å². The average Bonchev–Trinajstić information content (AvgIpc) is 2.29. The standard InChI is InChI=1S/C10H17N3O2/c1-14-5-3-4-8(11)9-6-10(15-2)13-7-12-9/h6-8H,3-5,11H2,1-2H3. The summed E-state index contributed by atoms with van der Waals surface area (Å²) < 4.78 is 9.96. The first-order valence-corrected chi connectivity index (χ1v) is 4.88. The summed E-state index contributed by atoms with van der Waals surface area (Å²) in [6.45, 7) is 0.718. The Morgan fingerprint density at radius 2 is 2.20 bits per heavy atom. The topological polar surface area (TPSA) is 70.3 Å². The molecule has 5 heteroatoms. The average molecular weight is 211 g/mol. The van der Waals surface area contributed by atoms with Gasteiger partial charge in [0.15, 0.2) is 0 Å². The van der Waals surface area contributed by atoms with Crippen molar-refractivity contribution < 1.29 is 9.47 Å². The number of methoxy groups -OCH3 is 2. The number of ether oxygens (including phenoxy) is 2. The van der Waals surface area contributed by atoms with Gasteiger partial charge in [-0.25, -0.2) is 9.97 Å². The van der Waals surface area contributed by atoms with Crippen LogP contribution in [0.15, 0.2) is 12.4 Å². The van der Waals surface area contributed by atoms with Gasteiger partial charge < -0.3 is 15.2 Å². The van der Waals surface area contributed by atoms with Crippen molar-refractivity contribution >= 4 is 0 Å². The van der Waals surface area contributed by atoms with Crippen LogP contribution in [0.3, 0.4) is 0 Å². The molecule has 0 aliphatic carbocycles. The lowest BCUT2D eigenvalue weighted by Gasteiger charge is -2.10. The number of aromatic nitrogens is 2. The Morgan fingerprint density at radius 1 is 1.40 bits per heavy atom. The van der Waals surface area contributed by atoms with Crippen LogP contribution in [0.2, 0.25) is 0 Å². The van der Waals surface area contributed by atoms with Crippen LogP contribution >= 0.6 is 0 Å². The Balaban J connectivity index is 2.52. The smallest absolute Gasteiger partial charge is 0.216 e. The second-order valence-electron chi connectivity index (χ2n) is 3.23. The van der Waals surface area contributed by atoms with E-state index in [1.807, 2.05) is 0 Å². The van der Waals surface area contributed by atoms with Gasteiger partial charge >= 0.3 is 0 Å². The Bertz CT molecular complexity index is 294. The molecule has 2 N–H and O–H groups in total. The number of hydrogen-bond donors (Lipinski definition) is 1. The molecule has 0 saturated heterocycles. The van der Waals surface area contributed by atoms with Crippen LogP contribution in [-0.4, -0.2) is 30.8 Å². The van der Waals surface area contributed by atoms with E-state index in [0.717, 1.165) is 25.1 Å². The van der Waals surface area contributed by atoms with Crippen molar-refractivity contribution in [1.82, 2.24) is 9.97 Å². The first-order chi connectivity index (χ1) is 7.27. The van der Waals surface area contributed by atoms with Crippen molar-refractivity contribution in [3.63, 3.8) is 0 Å². The first kappa shape index (κ1) is 11.9. The maximum atomic E-state index is 5.96. The Hall–Kier alpha value is -1.20. The fraction of sp³-hybridized carbons (Fsp3) is 0.600. The lowest BCUT2D eigenvalue weighted by molar-refractivity contribution is 0.190. The van der Waals surface area contributed by atoms with Crippen molar-refractivity contribution in [3.8, 4) is 5.88 Å². The highest BCUT2D eigenvalue weighted by molar-refractivity contribution is 5.15. The summed E-state index contributed by atoms with van der Waals surface area (Å²) in [7, 11) is 3.25. The zero-order chi connectivity index (χ0) is 11.1. The van der Waals surface area contributed by atoms with Crippen molar-refractivity contribution in [1.29, 1.82) is 0 Å². The number of nitrogens with zero attached hydrogens (tertiary/aromatic N) is 2. The second-order valence-corrected chi connectivity index (χ2v) is 3.23. The molecule has 0 spiro atoms. The normalized spacial score (nSPS) is 12.5. The van der Waals surface area contributed by atoms with Crippen LogP contribution in [0.4, 0.5) is 0 Å². The molecular formula is C10H17N3O2. The monoisotopic (exact) mass is 211 g/mol. The van der Waals surface area contributed by atoms with Gasteiger partial charge in [-0.05, 0) is 12.8 Å². The maximum Gasteiger partial charge on any atom is 0.216 e. The zero-order valence-corrected chi connectivity index (χ0v) is 9.14. The first-order valence-electron chi connectivity index (χ1n) is 4.88. The van der Waals surface area contributed by atoms with E-state index in [2.05, 4.69) is 9.97 Å². The number of hydrogen-bond acceptors (Lipinski definition) is 5. The molecule has 5 nitrogen and oxygen atoms in total. The fourth-order valence-electron chi connectivity index (χ4n) is 1.26. The molecule has 0 amide bonds. The molecule has 1 aromatic heterocycles. The van der Waals surface area contributed by atoms with Crippen molar-refractivity contribution in [3.05, 3.63) is 18.1 Å². The van der Waals surface area contributed by atoms with Gasteiger partial charge in [-0.2, -0.15) is 0 Å². The second kappa shape index (κ2) is 6.31. The third-order valence-corrected chi connectivity index (χ3v) is 2.12. The molecule has 0 aliphatic heterocycles. The zero-order valence-electron chi connectivity index (χ0n) is 9.14. The van der Waals surface area contributed by atoms with Gasteiger partial charge in [0.2, 0.25) is 5.88 Å². The molecule has 0 bridgehead atoms. The summed E-state index contributed by atoms with van der Waals surface area (Å²) in [5.41, 5.74) is 6.76. The van der Waals surface area contributed by atoms with E-state index in [-0.39, 0.29) is 6.04 Å². The van der Waals surface area contributed by atoms with Crippen LogP contribution in [0.5, 0.6) is 5.88 Å². The van der Waals surface area contributed by atoms with Gasteiger partial charge in [-0.3, -0.25) is 0 Å². The quantitative estimate of drug-likeness (QED) is 0.708. The van der Waals surface area contributed by atoms with Gasteiger partial charge in [0.05, 0.1) is 12.8 Å². The lowest BCUT2D eigenvalue weighted by atomic mass is 10.1. The minimum Gasteiger partial charge on any atom is -0.481 e. The highest BCUT2D eigenvalue weighted by atomic mass is 16.5.